The van der Waals surface area contributed by atoms with Gasteiger partial charge in [-0.15, -0.1) is 0 Å². The van der Waals surface area contributed by atoms with E-state index in [9.17, 15) is 15.0 Å². The Morgan fingerprint density at radius 3 is 2.16 bits per heavy atom. The van der Waals surface area contributed by atoms with Gasteiger partial charge in [-0.05, 0) is 41.0 Å². The Kier molecular flexibility index (Phi) is 6.00. The second-order valence-corrected chi connectivity index (χ2v) is 7.60. The summed E-state index contributed by atoms with van der Waals surface area (Å²) in [6.07, 6.45) is -1.12. The monoisotopic (exact) mass is 446 g/mol. The number of hydrogen-bond donors (Lipinski definition) is 4. The van der Waals surface area contributed by atoms with Crippen LogP contribution < -0.4 is 35.0 Å². The minimum Gasteiger partial charge on any atom is -0.493 e. The van der Waals surface area contributed by atoms with Gasteiger partial charge in [0, 0.05) is 18.4 Å². The average molecular weight is 446 g/mol. The van der Waals surface area contributed by atoms with E-state index in [4.69, 9.17) is 29.5 Å². The number of nitrogens with one attached hydrogen (secondary N) is 1. The summed E-state index contributed by atoms with van der Waals surface area (Å²) >= 11 is 0. The van der Waals surface area contributed by atoms with Crippen LogP contribution in [0.3, 0.4) is 0 Å². The third kappa shape index (κ3) is 3.36. The normalized spacial score (nSPS) is 23.3. The van der Waals surface area contributed by atoms with Crippen molar-refractivity contribution in [1.82, 2.24) is 5.43 Å². The van der Waals surface area contributed by atoms with Gasteiger partial charge in [0.05, 0.1) is 33.4 Å². The predicted molar refractivity (Wildman–Crippen MR) is 112 cm³/mol. The molecule has 2 aromatic rings. The average Bonchev–Trinajstić information content (AvgIpc) is 3.28. The zero-order valence-corrected chi connectivity index (χ0v) is 18.0. The molecule has 0 saturated carbocycles. The van der Waals surface area contributed by atoms with Gasteiger partial charge in [0.25, 0.3) is 0 Å². The maximum atomic E-state index is 12.9. The summed E-state index contributed by atoms with van der Waals surface area (Å²) < 4.78 is 27.4. The van der Waals surface area contributed by atoms with E-state index in [1.165, 1.54) is 21.3 Å². The van der Waals surface area contributed by atoms with E-state index in [0.29, 0.717) is 45.4 Å². The standard InChI is InChI=1S/C22H26N2O8/c1-28-16-4-10(5-17(29-2)21(16)30-3)18-11-6-14-15(32-9-31-14)7-12(11)20(26)13(8-25)19(18)22(27)24-23/h4-7,13,18-20,25-26H,8-9,23H2,1-3H3,(H,24,27). The van der Waals surface area contributed by atoms with Gasteiger partial charge in [-0.1, -0.05) is 0 Å². The molecule has 4 unspecified atom stereocenters. The molecule has 2 aliphatic rings. The molecule has 0 fully saturated rings. The number of aliphatic hydroxyl groups is 2. The predicted octanol–water partition coefficient (Wildman–Crippen LogP) is 0.835. The van der Waals surface area contributed by atoms with Crippen LogP contribution >= 0.6 is 0 Å². The van der Waals surface area contributed by atoms with Crippen LogP contribution in [0.15, 0.2) is 24.3 Å². The third-order valence-corrected chi connectivity index (χ3v) is 6.16. The lowest BCUT2D eigenvalue weighted by Gasteiger charge is -2.41. The molecule has 0 radical (unpaired) electrons. The first kappa shape index (κ1) is 22.0. The fraction of sp³-hybridized carbons (Fsp3) is 0.409. The molecule has 5 N–H and O–H groups in total. The van der Waals surface area contributed by atoms with Crippen molar-refractivity contribution in [2.45, 2.75) is 12.0 Å². The van der Waals surface area contributed by atoms with Gasteiger partial charge >= 0.3 is 0 Å². The first-order chi connectivity index (χ1) is 15.5. The van der Waals surface area contributed by atoms with E-state index in [1.54, 1.807) is 24.3 Å². The topological polar surface area (TPSA) is 142 Å². The SMILES string of the molecule is COc1cc(C2c3cc4c(cc3C(O)C(CO)C2C(=O)NN)OCO4)cc(OC)c1OC. The number of benzene rings is 2. The Labute approximate surface area is 184 Å². The molecule has 0 saturated heterocycles. The highest BCUT2D eigenvalue weighted by Gasteiger charge is 2.47. The molecule has 1 aliphatic heterocycles. The number of carbonyl (C=O) groups excluding carboxylic acids is 1. The van der Waals surface area contributed by atoms with E-state index < -0.39 is 36.4 Å². The molecule has 2 aromatic carbocycles. The molecule has 0 spiro atoms. The van der Waals surface area contributed by atoms with Gasteiger partial charge in [0.15, 0.2) is 23.0 Å². The molecule has 0 aromatic heterocycles. The summed E-state index contributed by atoms with van der Waals surface area (Å²) in [6, 6.07) is 6.91. The molecular weight excluding hydrogens is 420 g/mol. The summed E-state index contributed by atoms with van der Waals surface area (Å²) in [7, 11) is 4.50. The Hall–Kier alpha value is -3.21. The summed E-state index contributed by atoms with van der Waals surface area (Å²) in [5, 5.41) is 21.2. The van der Waals surface area contributed by atoms with Crippen LogP contribution in [-0.4, -0.2) is 50.8 Å². The van der Waals surface area contributed by atoms with E-state index in [1.807, 2.05) is 0 Å². The lowest BCUT2D eigenvalue weighted by Crippen LogP contribution is -2.47. The maximum Gasteiger partial charge on any atom is 0.238 e. The van der Waals surface area contributed by atoms with Crippen LogP contribution in [0.25, 0.3) is 0 Å². The van der Waals surface area contributed by atoms with Gasteiger partial charge in [0.2, 0.25) is 18.4 Å². The quantitative estimate of drug-likeness (QED) is 0.288. The van der Waals surface area contributed by atoms with Gasteiger partial charge in [0.1, 0.15) is 0 Å². The van der Waals surface area contributed by atoms with Crippen molar-refractivity contribution in [2.75, 3.05) is 34.7 Å². The Morgan fingerprint density at radius 2 is 1.66 bits per heavy atom. The number of fused-ring (bicyclic) bond motifs is 2. The molecule has 1 heterocycles. The summed E-state index contributed by atoms with van der Waals surface area (Å²) in [5.74, 6) is 4.85. The Morgan fingerprint density at radius 1 is 1.06 bits per heavy atom. The van der Waals surface area contributed by atoms with E-state index >= 15 is 0 Å². The minimum atomic E-state index is -1.12. The van der Waals surface area contributed by atoms with Gasteiger partial charge in [-0.25, -0.2) is 5.84 Å². The van der Waals surface area contributed by atoms with Crippen LogP contribution in [0.5, 0.6) is 28.7 Å². The van der Waals surface area contributed by atoms with Gasteiger partial charge < -0.3 is 33.9 Å². The maximum absolute atomic E-state index is 12.9. The number of carbonyl (C=O) groups is 1. The highest BCUT2D eigenvalue weighted by Crippen LogP contribution is 2.53. The van der Waals surface area contributed by atoms with Crippen LogP contribution in [0.4, 0.5) is 0 Å². The molecule has 0 bridgehead atoms. The van der Waals surface area contributed by atoms with Crippen LogP contribution in [0.1, 0.15) is 28.7 Å². The van der Waals surface area contributed by atoms with Gasteiger partial charge in [-0.3, -0.25) is 10.2 Å². The van der Waals surface area contributed by atoms with Crippen molar-refractivity contribution in [3.8, 4) is 28.7 Å². The van der Waals surface area contributed by atoms with Crippen molar-refractivity contribution in [3.05, 3.63) is 41.0 Å². The summed E-state index contributed by atoms with van der Waals surface area (Å²) in [4.78, 5) is 12.9. The van der Waals surface area contributed by atoms with Crippen molar-refractivity contribution in [3.63, 3.8) is 0 Å². The van der Waals surface area contributed by atoms with Crippen molar-refractivity contribution >= 4 is 5.91 Å². The molecule has 172 valence electrons. The first-order valence-electron chi connectivity index (χ1n) is 10.0. The number of hydrazine groups is 1. The molecular formula is C22H26N2O8. The first-order valence-corrected chi connectivity index (χ1v) is 10.0. The highest BCUT2D eigenvalue weighted by atomic mass is 16.7. The highest BCUT2D eigenvalue weighted by molar-refractivity contribution is 5.81. The smallest absolute Gasteiger partial charge is 0.238 e. The number of ether oxygens (including phenoxy) is 5. The van der Waals surface area contributed by atoms with Crippen molar-refractivity contribution in [1.29, 1.82) is 0 Å². The number of rotatable bonds is 6. The number of aliphatic hydroxyl groups excluding tert-OH is 2. The number of nitrogens with two attached hydrogens (primary N) is 1. The second-order valence-electron chi connectivity index (χ2n) is 7.60. The van der Waals surface area contributed by atoms with E-state index in [0.717, 1.165) is 0 Å². The number of hydrogen-bond acceptors (Lipinski definition) is 9. The molecule has 10 heteroatoms. The Bertz CT molecular complexity index is 1000. The van der Waals surface area contributed by atoms with E-state index in [-0.39, 0.29) is 6.79 Å². The second kappa shape index (κ2) is 8.73. The number of amides is 1. The van der Waals surface area contributed by atoms with E-state index in [2.05, 4.69) is 5.43 Å². The largest absolute Gasteiger partial charge is 0.493 e. The van der Waals surface area contributed by atoms with Crippen LogP contribution in [0.2, 0.25) is 0 Å². The fourth-order valence-electron chi connectivity index (χ4n) is 4.69. The zero-order chi connectivity index (χ0) is 23.0. The lowest BCUT2D eigenvalue weighted by molar-refractivity contribution is -0.131. The molecule has 1 aliphatic carbocycles. The lowest BCUT2D eigenvalue weighted by atomic mass is 9.65. The molecule has 4 rings (SSSR count). The fourth-order valence-corrected chi connectivity index (χ4v) is 4.69. The zero-order valence-electron chi connectivity index (χ0n) is 18.0. The molecule has 32 heavy (non-hydrogen) atoms. The summed E-state index contributed by atoms with van der Waals surface area (Å²) in [6.45, 7) is -0.382. The van der Waals surface area contributed by atoms with Gasteiger partial charge in [-0.2, -0.15) is 0 Å². The molecule has 1 amide bonds. The third-order valence-electron chi connectivity index (χ3n) is 6.16. The number of methoxy groups -OCH3 is 3. The van der Waals surface area contributed by atoms with Crippen LogP contribution in [0, 0.1) is 11.8 Å². The van der Waals surface area contributed by atoms with Crippen molar-refractivity contribution < 1.29 is 38.7 Å². The molecule has 10 nitrogen and oxygen atoms in total. The minimum absolute atomic E-state index is 0.0549. The Balaban J connectivity index is 1.99. The molecule has 4 atom stereocenters. The van der Waals surface area contributed by atoms with Crippen molar-refractivity contribution in [2.24, 2.45) is 17.7 Å². The summed E-state index contributed by atoms with van der Waals surface area (Å²) in [5.41, 5.74) is 4.01. The van der Waals surface area contributed by atoms with Crippen LogP contribution in [-0.2, 0) is 4.79 Å².